The Morgan fingerprint density at radius 2 is 2.00 bits per heavy atom. The van der Waals surface area contributed by atoms with E-state index in [1.165, 1.54) is 7.11 Å². The number of hydrogen-bond donors (Lipinski definition) is 0. The number of rotatable bonds is 5. The van der Waals surface area contributed by atoms with Gasteiger partial charge in [0.2, 0.25) is 0 Å². The maximum atomic E-state index is 12.4. The van der Waals surface area contributed by atoms with Gasteiger partial charge in [-0.3, -0.25) is 4.79 Å². The normalized spacial score (nSPS) is 13.5. The van der Waals surface area contributed by atoms with Gasteiger partial charge >= 0.3 is 11.9 Å². The summed E-state index contributed by atoms with van der Waals surface area (Å²) in [6.45, 7) is 2.57. The number of anilines is 1. The average Bonchev–Trinajstić information content (AvgIpc) is 2.54. The molecular formula is C17H22N2O4. The van der Waals surface area contributed by atoms with Crippen LogP contribution in [0.5, 0.6) is 0 Å². The number of carbonyl (C=O) groups is 2. The SMILES string of the molecule is CCOC(=O)C1=C(N(C)CC(=O)OC)c2ccccc2N(C)C1. The second-order valence-electron chi connectivity index (χ2n) is 5.35. The van der Waals surface area contributed by atoms with Gasteiger partial charge in [0.25, 0.3) is 0 Å². The molecule has 0 saturated carbocycles. The predicted molar refractivity (Wildman–Crippen MR) is 87.9 cm³/mol. The van der Waals surface area contributed by atoms with Crippen LogP contribution in [0.4, 0.5) is 5.69 Å². The van der Waals surface area contributed by atoms with Gasteiger partial charge in [0.05, 0.1) is 31.5 Å². The fourth-order valence-corrected chi connectivity index (χ4v) is 2.72. The van der Waals surface area contributed by atoms with Crippen molar-refractivity contribution in [3.05, 3.63) is 35.4 Å². The fraction of sp³-hybridized carbons (Fsp3) is 0.412. The maximum Gasteiger partial charge on any atom is 0.337 e. The minimum atomic E-state index is -0.361. The monoisotopic (exact) mass is 318 g/mol. The Hall–Kier alpha value is -2.50. The quantitative estimate of drug-likeness (QED) is 0.767. The van der Waals surface area contributed by atoms with Gasteiger partial charge in [0.15, 0.2) is 0 Å². The topological polar surface area (TPSA) is 59.1 Å². The van der Waals surface area contributed by atoms with Crippen LogP contribution in [-0.2, 0) is 19.1 Å². The van der Waals surface area contributed by atoms with Crippen molar-refractivity contribution in [2.24, 2.45) is 0 Å². The van der Waals surface area contributed by atoms with Crippen molar-refractivity contribution in [1.82, 2.24) is 4.90 Å². The van der Waals surface area contributed by atoms with Gasteiger partial charge in [-0.05, 0) is 13.0 Å². The van der Waals surface area contributed by atoms with E-state index in [2.05, 4.69) is 0 Å². The van der Waals surface area contributed by atoms with Crippen LogP contribution >= 0.6 is 0 Å². The molecule has 0 amide bonds. The Labute approximate surface area is 136 Å². The standard InChI is InChI=1S/C17H22N2O4/c1-5-23-17(21)13-10-18(2)14-9-7-6-8-12(14)16(13)19(3)11-15(20)22-4/h6-9H,5,10-11H2,1-4H3. The summed E-state index contributed by atoms with van der Waals surface area (Å²) in [5.74, 6) is -0.722. The Balaban J connectivity index is 2.52. The zero-order valence-electron chi connectivity index (χ0n) is 14.0. The molecule has 1 heterocycles. The molecule has 0 aliphatic carbocycles. The highest BCUT2D eigenvalue weighted by molar-refractivity contribution is 6.01. The van der Waals surface area contributed by atoms with Crippen LogP contribution in [0.1, 0.15) is 12.5 Å². The van der Waals surface area contributed by atoms with Crippen molar-refractivity contribution in [2.75, 3.05) is 45.8 Å². The van der Waals surface area contributed by atoms with E-state index in [0.717, 1.165) is 11.3 Å². The molecule has 0 fully saturated rings. The smallest absolute Gasteiger partial charge is 0.337 e. The largest absolute Gasteiger partial charge is 0.468 e. The summed E-state index contributed by atoms with van der Waals surface area (Å²) >= 11 is 0. The number of para-hydroxylation sites is 1. The molecule has 0 spiro atoms. The van der Waals surface area contributed by atoms with Gasteiger partial charge in [-0.15, -0.1) is 0 Å². The van der Waals surface area contributed by atoms with Gasteiger partial charge in [-0.1, -0.05) is 18.2 Å². The van der Waals surface area contributed by atoms with Crippen molar-refractivity contribution in [3.8, 4) is 0 Å². The molecule has 0 N–H and O–H groups in total. The molecule has 0 radical (unpaired) electrons. The molecule has 0 unspecified atom stereocenters. The van der Waals surface area contributed by atoms with Crippen LogP contribution in [-0.4, -0.2) is 57.7 Å². The summed E-state index contributed by atoms with van der Waals surface area (Å²) < 4.78 is 9.92. The molecule has 6 nitrogen and oxygen atoms in total. The lowest BCUT2D eigenvalue weighted by atomic mass is 9.98. The minimum Gasteiger partial charge on any atom is -0.468 e. The molecule has 124 valence electrons. The first kappa shape index (κ1) is 16.9. The van der Waals surface area contributed by atoms with Crippen molar-refractivity contribution >= 4 is 23.3 Å². The van der Waals surface area contributed by atoms with Crippen LogP contribution in [0.3, 0.4) is 0 Å². The van der Waals surface area contributed by atoms with Gasteiger partial charge in [0.1, 0.15) is 6.54 Å². The van der Waals surface area contributed by atoms with E-state index in [1.54, 1.807) is 18.9 Å². The minimum absolute atomic E-state index is 0.0623. The van der Waals surface area contributed by atoms with Crippen LogP contribution < -0.4 is 4.90 Å². The van der Waals surface area contributed by atoms with Crippen molar-refractivity contribution in [2.45, 2.75) is 6.92 Å². The molecule has 1 aromatic rings. The van der Waals surface area contributed by atoms with Crippen LogP contribution in [0.25, 0.3) is 5.70 Å². The number of methoxy groups -OCH3 is 1. The molecular weight excluding hydrogens is 296 g/mol. The summed E-state index contributed by atoms with van der Waals surface area (Å²) in [4.78, 5) is 27.7. The lowest BCUT2D eigenvalue weighted by Gasteiger charge is -2.34. The third kappa shape index (κ3) is 3.47. The molecule has 0 saturated heterocycles. The molecule has 1 aromatic carbocycles. The Bertz CT molecular complexity index is 639. The number of fused-ring (bicyclic) bond motifs is 1. The molecule has 1 aliphatic rings. The second-order valence-corrected chi connectivity index (χ2v) is 5.35. The van der Waals surface area contributed by atoms with E-state index in [1.807, 2.05) is 36.2 Å². The fourth-order valence-electron chi connectivity index (χ4n) is 2.72. The van der Waals surface area contributed by atoms with Gasteiger partial charge in [-0.25, -0.2) is 4.79 Å². The summed E-state index contributed by atoms with van der Waals surface area (Å²) in [5, 5.41) is 0. The maximum absolute atomic E-state index is 12.4. The molecule has 0 atom stereocenters. The van der Waals surface area contributed by atoms with Crippen LogP contribution in [0, 0.1) is 0 Å². The number of likely N-dealkylation sites (N-methyl/N-ethyl adjacent to an activating group) is 2. The molecule has 0 bridgehead atoms. The zero-order chi connectivity index (χ0) is 17.0. The van der Waals surface area contributed by atoms with Crippen molar-refractivity contribution < 1.29 is 19.1 Å². The summed E-state index contributed by atoms with van der Waals surface area (Å²) in [7, 11) is 5.04. The van der Waals surface area contributed by atoms with E-state index in [-0.39, 0.29) is 18.5 Å². The van der Waals surface area contributed by atoms with E-state index in [4.69, 9.17) is 9.47 Å². The number of hydrogen-bond acceptors (Lipinski definition) is 6. The van der Waals surface area contributed by atoms with Gasteiger partial charge < -0.3 is 19.3 Å². The summed E-state index contributed by atoms with van der Waals surface area (Å²) in [5.41, 5.74) is 3.16. The molecule has 2 rings (SSSR count). The van der Waals surface area contributed by atoms with E-state index in [9.17, 15) is 9.59 Å². The Morgan fingerprint density at radius 3 is 2.65 bits per heavy atom. The van der Waals surface area contributed by atoms with Gasteiger partial charge in [-0.2, -0.15) is 0 Å². The Morgan fingerprint density at radius 1 is 1.30 bits per heavy atom. The zero-order valence-corrected chi connectivity index (χ0v) is 14.0. The number of nitrogens with zero attached hydrogens (tertiary/aromatic N) is 2. The molecule has 1 aliphatic heterocycles. The highest BCUT2D eigenvalue weighted by Crippen LogP contribution is 2.35. The van der Waals surface area contributed by atoms with Crippen molar-refractivity contribution in [3.63, 3.8) is 0 Å². The van der Waals surface area contributed by atoms with Crippen LogP contribution in [0.2, 0.25) is 0 Å². The third-order valence-electron chi connectivity index (χ3n) is 3.75. The Kier molecular flexibility index (Phi) is 5.26. The van der Waals surface area contributed by atoms with E-state index >= 15 is 0 Å². The second kappa shape index (κ2) is 7.17. The van der Waals surface area contributed by atoms with Crippen molar-refractivity contribution in [1.29, 1.82) is 0 Å². The third-order valence-corrected chi connectivity index (χ3v) is 3.75. The first-order valence-corrected chi connectivity index (χ1v) is 7.48. The molecule has 0 aromatic heterocycles. The average molecular weight is 318 g/mol. The number of carbonyl (C=O) groups excluding carboxylic acids is 2. The van der Waals surface area contributed by atoms with E-state index < -0.39 is 0 Å². The highest BCUT2D eigenvalue weighted by Gasteiger charge is 2.30. The highest BCUT2D eigenvalue weighted by atomic mass is 16.5. The number of benzene rings is 1. The molecule has 23 heavy (non-hydrogen) atoms. The summed E-state index contributed by atoms with van der Waals surface area (Å²) in [6.07, 6.45) is 0. The first-order chi connectivity index (χ1) is 11.0. The lowest BCUT2D eigenvalue weighted by Crippen LogP contribution is -2.35. The first-order valence-electron chi connectivity index (χ1n) is 7.48. The van der Waals surface area contributed by atoms with Crippen LogP contribution in [0.15, 0.2) is 29.8 Å². The number of ether oxygens (including phenoxy) is 2. The predicted octanol–water partition coefficient (Wildman–Crippen LogP) is 1.52. The van der Waals surface area contributed by atoms with E-state index in [0.29, 0.717) is 24.4 Å². The number of esters is 2. The lowest BCUT2D eigenvalue weighted by molar-refractivity contribution is -0.141. The molecule has 6 heteroatoms. The summed E-state index contributed by atoms with van der Waals surface area (Å²) in [6, 6.07) is 7.78. The van der Waals surface area contributed by atoms with Gasteiger partial charge in [0, 0.05) is 25.3 Å².